The first-order chi connectivity index (χ1) is 16.7. The molecule has 204 valence electrons. The van der Waals surface area contributed by atoms with Crippen molar-refractivity contribution in [3.05, 3.63) is 97.9 Å². The number of hydrogen-bond acceptors (Lipinski definition) is 2. The molecule has 37 heavy (non-hydrogen) atoms. The molecule has 11 heteroatoms. The van der Waals surface area contributed by atoms with Crippen molar-refractivity contribution in [2.45, 2.75) is 19.9 Å². The third-order valence-electron chi connectivity index (χ3n) is 4.85. The van der Waals surface area contributed by atoms with Crippen molar-refractivity contribution < 1.29 is 43.1 Å². The van der Waals surface area contributed by atoms with E-state index >= 15 is 0 Å². The number of hydrogen-bond donors (Lipinski definition) is 0. The van der Waals surface area contributed by atoms with Gasteiger partial charge in [-0.25, -0.2) is 4.99 Å². The minimum Gasteiger partial charge on any atom is -0.475 e. The van der Waals surface area contributed by atoms with Crippen molar-refractivity contribution in [1.29, 1.82) is 0 Å². The molecule has 0 aromatic heterocycles. The third-order valence-corrected chi connectivity index (χ3v) is 7.35. The van der Waals surface area contributed by atoms with E-state index in [-0.39, 0.29) is 39.9 Å². The molecule has 0 aliphatic carbocycles. The minimum absolute atomic E-state index is 0. The van der Waals surface area contributed by atoms with Crippen LogP contribution in [0.25, 0.3) is 0 Å². The zero-order chi connectivity index (χ0) is 25.8. The maximum absolute atomic E-state index is 9.75. The molecule has 1 heterocycles. The summed E-state index contributed by atoms with van der Waals surface area (Å²) in [5, 5.41) is 4.17. The monoisotopic (exact) mass is 754 g/mol. The van der Waals surface area contributed by atoms with Crippen LogP contribution in [0.15, 0.2) is 89.9 Å². The molecule has 0 amide bonds. The molecule has 0 bridgehead atoms. The Balaban J connectivity index is 0.00000115. The first kappa shape index (κ1) is 35.6. The van der Waals surface area contributed by atoms with Crippen LogP contribution in [0, 0.1) is 13.3 Å². The molecule has 2 nitrogen and oxygen atoms in total. The van der Waals surface area contributed by atoms with Gasteiger partial charge in [-0.1, -0.05) is 92.7 Å². The number of nitrogens with zero attached hydrogens (tertiary/aromatic N) is 1. The van der Waals surface area contributed by atoms with Gasteiger partial charge in [0, 0.05) is 5.56 Å². The summed E-state index contributed by atoms with van der Waals surface area (Å²) in [6, 6.07) is 30.4. The summed E-state index contributed by atoms with van der Waals surface area (Å²) in [6.45, 7) is 5.08. The Bertz CT molecular complexity index is 1020. The van der Waals surface area contributed by atoms with Gasteiger partial charge >= 0.3 is 28.3 Å². The molecule has 1 aliphatic rings. The van der Waals surface area contributed by atoms with E-state index in [1.165, 1.54) is 15.9 Å². The normalized spacial score (nSPS) is 14.1. The second-order valence-corrected chi connectivity index (χ2v) is 10.7. The summed E-state index contributed by atoms with van der Waals surface area (Å²) < 4.78 is 45.0. The van der Waals surface area contributed by atoms with Crippen LogP contribution in [0.5, 0.6) is 0 Å². The first-order valence-corrected chi connectivity index (χ1v) is 13.3. The molecule has 0 saturated carbocycles. The summed E-state index contributed by atoms with van der Waals surface area (Å²) in [5.41, 5.74) is 1.12. The number of rotatable bonds is 5. The van der Waals surface area contributed by atoms with Gasteiger partial charge in [0.1, 0.15) is 6.61 Å². The maximum Gasteiger partial charge on any atom is 2.00 e. The van der Waals surface area contributed by atoms with Crippen molar-refractivity contribution in [2.24, 2.45) is 10.9 Å². The van der Waals surface area contributed by atoms with Crippen LogP contribution in [0.3, 0.4) is 0 Å². The van der Waals surface area contributed by atoms with Gasteiger partial charge in [-0.05, 0) is 35.8 Å². The van der Waals surface area contributed by atoms with Gasteiger partial charge in [-0.15, -0.1) is 23.2 Å². The molecule has 4 rings (SSSR count). The Hall–Kier alpha value is -1.39. The standard InChI is InChI=1S/C24H24NOP.CH2Cl2.CH3.BF4.Pt/c1-18(2)22-17-26-24(25-22)21-15-9-10-16-23(21)27(19-11-5-3-6-12-19)20-13-7-4-8-14-20;2-1-3;;2-1(3,4)5;/h3-16,18,22H,17H2,1-2H3;1H2;1H3;;/q;;2*-1;+2/t22-;;;;/m1..../s1. The van der Waals surface area contributed by atoms with E-state index in [9.17, 15) is 17.3 Å². The van der Waals surface area contributed by atoms with E-state index < -0.39 is 15.2 Å². The molecule has 0 spiro atoms. The smallest absolute Gasteiger partial charge is 0.475 e. The number of aliphatic imine (C=N–C) groups is 1. The van der Waals surface area contributed by atoms with Crippen LogP contribution in [-0.2, 0) is 25.8 Å². The fourth-order valence-corrected chi connectivity index (χ4v) is 5.75. The van der Waals surface area contributed by atoms with Gasteiger partial charge in [0.15, 0.2) is 0 Å². The van der Waals surface area contributed by atoms with E-state index in [1.807, 2.05) is 0 Å². The van der Waals surface area contributed by atoms with Gasteiger partial charge in [0.2, 0.25) is 5.90 Å². The van der Waals surface area contributed by atoms with Crippen molar-refractivity contribution in [2.75, 3.05) is 11.9 Å². The number of ether oxygens (including phenoxy) is 1. The molecular formula is C26H29BCl2F4NOPPt. The van der Waals surface area contributed by atoms with Crippen LogP contribution in [-0.4, -0.2) is 31.1 Å². The third kappa shape index (κ3) is 12.3. The summed E-state index contributed by atoms with van der Waals surface area (Å²) in [7, 11) is -6.67. The second-order valence-electron chi connectivity index (χ2n) is 7.68. The Morgan fingerprint density at radius 3 is 1.68 bits per heavy atom. The van der Waals surface area contributed by atoms with Gasteiger partial charge in [0.25, 0.3) is 0 Å². The maximum atomic E-state index is 9.75. The second kappa shape index (κ2) is 18.0. The molecule has 1 aliphatic heterocycles. The SMILES string of the molecule is CC(C)[C@H]1COC(c2ccccc2P(c2ccccc2)c2ccccc2)=N1.ClCCl.F[B-](F)(F)F.[CH3-].[Pt+2]. The predicted molar refractivity (Wildman–Crippen MR) is 149 cm³/mol. The van der Waals surface area contributed by atoms with Crippen molar-refractivity contribution in [1.82, 2.24) is 0 Å². The molecule has 0 radical (unpaired) electrons. The fourth-order valence-electron chi connectivity index (χ4n) is 3.31. The van der Waals surface area contributed by atoms with E-state index in [1.54, 1.807) is 0 Å². The molecule has 0 saturated heterocycles. The van der Waals surface area contributed by atoms with Crippen LogP contribution >= 0.6 is 31.1 Å². The largest absolute Gasteiger partial charge is 2.00 e. The minimum atomic E-state index is -6.00. The van der Waals surface area contributed by atoms with Crippen molar-refractivity contribution in [3.63, 3.8) is 0 Å². The van der Waals surface area contributed by atoms with Crippen LogP contribution < -0.4 is 15.9 Å². The van der Waals surface area contributed by atoms with Crippen LogP contribution in [0.2, 0.25) is 0 Å². The van der Waals surface area contributed by atoms with Crippen molar-refractivity contribution >= 4 is 60.2 Å². The molecule has 3 aromatic carbocycles. The summed E-state index contributed by atoms with van der Waals surface area (Å²) in [5.74, 6) is 1.28. The quantitative estimate of drug-likeness (QED) is 0.0875. The molecule has 0 fully saturated rings. The Kier molecular flexibility index (Phi) is 17.3. The van der Waals surface area contributed by atoms with Gasteiger partial charge in [-0.2, -0.15) is 0 Å². The molecular weight excluding hydrogens is 726 g/mol. The number of benzene rings is 3. The Morgan fingerprint density at radius 1 is 0.865 bits per heavy atom. The topological polar surface area (TPSA) is 21.6 Å². The van der Waals surface area contributed by atoms with Crippen LogP contribution in [0.4, 0.5) is 17.3 Å². The average Bonchev–Trinajstić information content (AvgIpc) is 3.31. The summed E-state index contributed by atoms with van der Waals surface area (Å²) in [6.07, 6.45) is 0. The van der Waals surface area contributed by atoms with E-state index in [0.717, 1.165) is 11.5 Å². The zero-order valence-corrected chi connectivity index (χ0v) is 25.3. The van der Waals surface area contributed by atoms with Crippen LogP contribution in [0.1, 0.15) is 19.4 Å². The van der Waals surface area contributed by atoms with Crippen molar-refractivity contribution in [3.8, 4) is 0 Å². The summed E-state index contributed by atoms with van der Waals surface area (Å²) >= 11 is 9.53. The zero-order valence-electron chi connectivity index (χ0n) is 20.6. The van der Waals surface area contributed by atoms with E-state index in [0.29, 0.717) is 12.5 Å². The van der Waals surface area contributed by atoms with Gasteiger partial charge in [0.05, 0.1) is 11.4 Å². The van der Waals surface area contributed by atoms with Gasteiger partial charge in [-0.3, -0.25) is 0 Å². The summed E-state index contributed by atoms with van der Waals surface area (Å²) in [4.78, 5) is 4.89. The molecule has 3 aromatic rings. The number of alkyl halides is 2. The average molecular weight is 755 g/mol. The first-order valence-electron chi connectivity index (χ1n) is 10.8. The van der Waals surface area contributed by atoms with E-state index in [2.05, 4.69) is 98.8 Å². The Labute approximate surface area is 242 Å². The Morgan fingerprint density at radius 2 is 1.27 bits per heavy atom. The van der Waals surface area contributed by atoms with Gasteiger partial charge < -0.3 is 29.4 Å². The molecule has 0 unspecified atom stereocenters. The predicted octanol–water partition coefficient (Wildman–Crippen LogP) is 7.42. The molecule has 1 atom stereocenters. The van der Waals surface area contributed by atoms with E-state index in [4.69, 9.17) is 32.9 Å². The fraction of sp³-hybridized carbons (Fsp3) is 0.231. The number of halogens is 6. The molecule has 0 N–H and O–H groups in total.